The second-order valence-electron chi connectivity index (χ2n) is 4.09. The Kier molecular flexibility index (Phi) is 5.34. The third kappa shape index (κ3) is 3.76. The summed E-state index contributed by atoms with van der Waals surface area (Å²) in [6.45, 7) is 2.75. The summed E-state index contributed by atoms with van der Waals surface area (Å²) in [7, 11) is 0. The Labute approximate surface area is 124 Å². The lowest BCUT2D eigenvalue weighted by atomic mass is 10.1. The number of halogens is 1. The number of hydrogen-bond donors (Lipinski definition) is 1. The van der Waals surface area contributed by atoms with Gasteiger partial charge in [0, 0.05) is 27.8 Å². The number of ether oxygens (including phenoxy) is 1. The van der Waals surface area contributed by atoms with Crippen molar-refractivity contribution in [1.29, 1.82) is 5.26 Å². The maximum atomic E-state index is 12.3. The molecule has 0 spiro atoms. The van der Waals surface area contributed by atoms with E-state index >= 15 is 0 Å². The van der Waals surface area contributed by atoms with Crippen LogP contribution in [0.5, 0.6) is 0 Å². The molecule has 1 aromatic rings. The van der Waals surface area contributed by atoms with Gasteiger partial charge in [0.15, 0.2) is 0 Å². The minimum absolute atomic E-state index is 0.0339. The fourth-order valence-corrected chi connectivity index (χ4v) is 3.58. The number of rotatable bonds is 4. The Hall–Kier alpha value is -0.940. The van der Waals surface area contributed by atoms with E-state index in [4.69, 9.17) is 10.00 Å². The number of nitriles is 1. The third-order valence-corrected chi connectivity index (χ3v) is 4.60. The highest BCUT2D eigenvalue weighted by atomic mass is 79.9. The van der Waals surface area contributed by atoms with Crippen molar-refractivity contribution in [1.82, 2.24) is 10.2 Å². The molecule has 1 aliphatic heterocycles. The molecule has 1 aromatic heterocycles. The monoisotopic (exact) mass is 343 g/mol. The highest BCUT2D eigenvalue weighted by Crippen LogP contribution is 2.30. The second-order valence-corrected chi connectivity index (χ2v) is 5.95. The summed E-state index contributed by atoms with van der Waals surface area (Å²) >= 11 is 4.95. The van der Waals surface area contributed by atoms with Crippen LogP contribution in [0.3, 0.4) is 0 Å². The predicted octanol–water partition coefficient (Wildman–Crippen LogP) is 1.52. The second kappa shape index (κ2) is 7.01. The van der Waals surface area contributed by atoms with E-state index in [1.807, 2.05) is 17.5 Å². The minimum Gasteiger partial charge on any atom is -0.379 e. The van der Waals surface area contributed by atoms with Gasteiger partial charge in [0.05, 0.1) is 19.3 Å². The van der Waals surface area contributed by atoms with Crippen LogP contribution in [-0.2, 0) is 9.53 Å². The van der Waals surface area contributed by atoms with E-state index in [0.29, 0.717) is 13.2 Å². The van der Waals surface area contributed by atoms with E-state index in [1.54, 1.807) is 0 Å². The summed E-state index contributed by atoms with van der Waals surface area (Å²) in [6.07, 6.45) is 0. The molecule has 0 aliphatic carbocycles. The van der Waals surface area contributed by atoms with Crippen molar-refractivity contribution in [2.75, 3.05) is 32.8 Å². The fraction of sp³-hybridized carbons (Fsp3) is 0.500. The van der Waals surface area contributed by atoms with Crippen molar-refractivity contribution in [3.05, 3.63) is 20.8 Å². The third-order valence-electron chi connectivity index (χ3n) is 2.86. The van der Waals surface area contributed by atoms with Crippen LogP contribution in [0, 0.1) is 11.3 Å². The van der Waals surface area contributed by atoms with Crippen LogP contribution in [0.25, 0.3) is 0 Å². The zero-order valence-corrected chi connectivity index (χ0v) is 12.7. The first-order valence-corrected chi connectivity index (χ1v) is 7.60. The summed E-state index contributed by atoms with van der Waals surface area (Å²) in [6, 6.07) is 3.55. The van der Waals surface area contributed by atoms with Crippen molar-refractivity contribution < 1.29 is 9.53 Å². The maximum Gasteiger partial charge on any atom is 0.243 e. The van der Waals surface area contributed by atoms with E-state index in [9.17, 15) is 4.79 Å². The number of nitrogens with zero attached hydrogens (tertiary/aromatic N) is 2. The first-order valence-electron chi connectivity index (χ1n) is 5.93. The molecule has 0 unspecified atom stereocenters. The minimum atomic E-state index is -0.339. The molecule has 1 atom stereocenters. The first kappa shape index (κ1) is 14.5. The molecule has 0 bridgehead atoms. The van der Waals surface area contributed by atoms with E-state index in [0.717, 1.165) is 22.4 Å². The molecule has 1 aliphatic rings. The molecule has 1 fully saturated rings. The van der Waals surface area contributed by atoms with E-state index in [1.165, 1.54) is 11.3 Å². The molecule has 2 rings (SSSR count). The summed E-state index contributed by atoms with van der Waals surface area (Å²) in [4.78, 5) is 15.3. The van der Waals surface area contributed by atoms with Crippen molar-refractivity contribution in [2.45, 2.75) is 6.04 Å². The number of amides is 1. The van der Waals surface area contributed by atoms with Crippen molar-refractivity contribution >= 4 is 33.2 Å². The smallest absolute Gasteiger partial charge is 0.243 e. The Morgan fingerprint density at radius 2 is 2.37 bits per heavy atom. The molecule has 0 radical (unpaired) electrons. The van der Waals surface area contributed by atoms with Crippen molar-refractivity contribution in [2.24, 2.45) is 0 Å². The Morgan fingerprint density at radius 1 is 1.63 bits per heavy atom. The molecule has 1 amide bonds. The van der Waals surface area contributed by atoms with Gasteiger partial charge >= 0.3 is 0 Å². The van der Waals surface area contributed by atoms with E-state index in [-0.39, 0.29) is 18.5 Å². The first-order chi connectivity index (χ1) is 9.22. The fourth-order valence-electron chi connectivity index (χ4n) is 2.01. The van der Waals surface area contributed by atoms with Gasteiger partial charge < -0.3 is 10.1 Å². The van der Waals surface area contributed by atoms with Crippen LogP contribution in [0.1, 0.15) is 10.9 Å². The average Bonchev–Trinajstić information content (AvgIpc) is 2.84. The predicted molar refractivity (Wildman–Crippen MR) is 75.8 cm³/mol. The number of carbonyl (C=O) groups is 1. The molecule has 1 saturated heterocycles. The average molecular weight is 344 g/mol. The van der Waals surface area contributed by atoms with Crippen LogP contribution >= 0.6 is 27.3 Å². The maximum absolute atomic E-state index is 12.3. The molecule has 1 N–H and O–H groups in total. The SMILES string of the molecule is N#CCNC(=O)[C@H](c1cc(Br)cs1)N1CCOCC1. The zero-order chi connectivity index (χ0) is 13.7. The summed E-state index contributed by atoms with van der Waals surface area (Å²) < 4.78 is 6.29. The topological polar surface area (TPSA) is 65.4 Å². The molecule has 0 saturated carbocycles. The Morgan fingerprint density at radius 3 is 2.95 bits per heavy atom. The standard InChI is InChI=1S/C12H14BrN3O2S/c13-9-7-10(19-8-9)11(12(17)15-2-1-14)16-3-5-18-6-4-16/h7-8,11H,2-6H2,(H,15,17)/t11-/m0/s1. The zero-order valence-electron chi connectivity index (χ0n) is 10.3. The van der Waals surface area contributed by atoms with Crippen LogP contribution in [0.15, 0.2) is 15.9 Å². The summed E-state index contributed by atoms with van der Waals surface area (Å²) in [5.74, 6) is -0.127. The highest BCUT2D eigenvalue weighted by molar-refractivity contribution is 9.10. The Balaban J connectivity index is 2.17. The molecule has 102 valence electrons. The van der Waals surface area contributed by atoms with Gasteiger partial charge in [0.25, 0.3) is 0 Å². The van der Waals surface area contributed by atoms with Crippen LogP contribution in [-0.4, -0.2) is 43.7 Å². The lowest BCUT2D eigenvalue weighted by Gasteiger charge is -2.32. The molecule has 7 heteroatoms. The number of nitrogens with one attached hydrogen (secondary N) is 1. The van der Waals surface area contributed by atoms with Gasteiger partial charge in [0.1, 0.15) is 12.6 Å². The van der Waals surface area contributed by atoms with Gasteiger partial charge in [-0.05, 0) is 22.0 Å². The van der Waals surface area contributed by atoms with Crippen LogP contribution in [0.2, 0.25) is 0 Å². The molecule has 2 heterocycles. The highest BCUT2D eigenvalue weighted by Gasteiger charge is 2.29. The van der Waals surface area contributed by atoms with Crippen LogP contribution in [0.4, 0.5) is 0 Å². The normalized spacial score (nSPS) is 17.7. The van der Waals surface area contributed by atoms with Gasteiger partial charge in [-0.1, -0.05) is 0 Å². The van der Waals surface area contributed by atoms with Gasteiger partial charge in [-0.25, -0.2) is 0 Å². The molecule has 19 heavy (non-hydrogen) atoms. The Bertz CT molecular complexity index is 480. The number of carbonyl (C=O) groups excluding carboxylic acids is 1. The number of hydrogen-bond acceptors (Lipinski definition) is 5. The number of morpholine rings is 1. The van der Waals surface area contributed by atoms with Crippen LogP contribution < -0.4 is 5.32 Å². The largest absolute Gasteiger partial charge is 0.379 e. The molecule has 0 aromatic carbocycles. The summed E-state index contributed by atoms with van der Waals surface area (Å²) in [5, 5.41) is 13.2. The lowest BCUT2D eigenvalue weighted by molar-refractivity contribution is -0.128. The summed E-state index contributed by atoms with van der Waals surface area (Å²) in [5.41, 5.74) is 0. The van der Waals surface area contributed by atoms with Gasteiger partial charge in [-0.3, -0.25) is 9.69 Å². The molecular formula is C12H14BrN3O2S. The number of thiophene rings is 1. The quantitative estimate of drug-likeness (QED) is 0.842. The van der Waals surface area contributed by atoms with E-state index in [2.05, 4.69) is 26.1 Å². The molecular weight excluding hydrogens is 330 g/mol. The lowest BCUT2D eigenvalue weighted by Crippen LogP contribution is -2.45. The van der Waals surface area contributed by atoms with E-state index < -0.39 is 0 Å². The van der Waals surface area contributed by atoms with Crippen molar-refractivity contribution in [3.8, 4) is 6.07 Å². The molecule has 5 nitrogen and oxygen atoms in total. The van der Waals surface area contributed by atoms with Gasteiger partial charge in [-0.2, -0.15) is 5.26 Å². The van der Waals surface area contributed by atoms with Gasteiger partial charge in [-0.15, -0.1) is 11.3 Å². The van der Waals surface area contributed by atoms with Gasteiger partial charge in [0.2, 0.25) is 5.91 Å². The van der Waals surface area contributed by atoms with Crippen molar-refractivity contribution in [3.63, 3.8) is 0 Å².